The van der Waals surface area contributed by atoms with E-state index in [2.05, 4.69) is 16.7 Å². The summed E-state index contributed by atoms with van der Waals surface area (Å²) in [5, 5.41) is 0. The first-order chi connectivity index (χ1) is 6.79. The molecule has 2 rings (SSSR count). The van der Waals surface area contributed by atoms with Crippen molar-refractivity contribution in [1.82, 2.24) is 9.80 Å². The predicted molar refractivity (Wildman–Crippen MR) is 57.5 cm³/mol. The largest absolute Gasteiger partial charge is 0.380 e. The van der Waals surface area contributed by atoms with Crippen LogP contribution in [0.25, 0.3) is 0 Å². The Labute approximate surface area is 87.0 Å². The van der Waals surface area contributed by atoms with Gasteiger partial charge in [-0.15, -0.1) is 0 Å². The Kier molecular flexibility index (Phi) is 3.42. The van der Waals surface area contributed by atoms with Crippen molar-refractivity contribution in [2.24, 2.45) is 0 Å². The average molecular weight is 198 g/mol. The summed E-state index contributed by atoms with van der Waals surface area (Å²) in [5.74, 6) is 0. The van der Waals surface area contributed by atoms with Gasteiger partial charge in [-0.25, -0.2) is 0 Å². The summed E-state index contributed by atoms with van der Waals surface area (Å²) in [5.41, 5.74) is 0. The average Bonchev–Trinajstić information content (AvgIpc) is 2.64. The molecule has 3 nitrogen and oxygen atoms in total. The van der Waals surface area contributed by atoms with Crippen molar-refractivity contribution in [1.29, 1.82) is 0 Å². The summed E-state index contributed by atoms with van der Waals surface area (Å²) in [7, 11) is 1.80. The van der Waals surface area contributed by atoms with Crippen LogP contribution in [-0.4, -0.2) is 61.8 Å². The fourth-order valence-electron chi connectivity index (χ4n) is 2.66. The Balaban J connectivity index is 1.79. The number of hydrogen-bond acceptors (Lipinski definition) is 3. The quantitative estimate of drug-likeness (QED) is 0.667. The van der Waals surface area contributed by atoms with Gasteiger partial charge < -0.3 is 4.74 Å². The standard InChI is InChI=1S/C11H22N2O/c1-10(14-2)8-12-6-7-13-5-3-4-11(13)9-12/h10-11H,3-9H2,1-2H3. The Morgan fingerprint density at radius 3 is 3.00 bits per heavy atom. The first-order valence-electron chi connectivity index (χ1n) is 5.79. The number of ether oxygens (including phenoxy) is 1. The first-order valence-corrected chi connectivity index (χ1v) is 5.79. The number of fused-ring (bicyclic) bond motifs is 1. The summed E-state index contributed by atoms with van der Waals surface area (Å²) in [6.07, 6.45) is 3.18. The van der Waals surface area contributed by atoms with Gasteiger partial charge in [0.1, 0.15) is 0 Å². The predicted octanol–water partition coefficient (Wildman–Crippen LogP) is 0.801. The SMILES string of the molecule is COC(C)CN1CCN2CCCC2C1. The van der Waals surface area contributed by atoms with E-state index in [1.165, 1.54) is 39.0 Å². The lowest BCUT2D eigenvalue weighted by atomic mass is 10.1. The van der Waals surface area contributed by atoms with Crippen LogP contribution < -0.4 is 0 Å². The number of rotatable bonds is 3. The van der Waals surface area contributed by atoms with Crippen LogP contribution in [0.4, 0.5) is 0 Å². The molecule has 0 amide bonds. The second-order valence-electron chi connectivity index (χ2n) is 4.64. The molecule has 82 valence electrons. The number of methoxy groups -OCH3 is 1. The molecule has 2 atom stereocenters. The van der Waals surface area contributed by atoms with Crippen molar-refractivity contribution in [2.45, 2.75) is 31.9 Å². The molecular weight excluding hydrogens is 176 g/mol. The highest BCUT2D eigenvalue weighted by Gasteiger charge is 2.30. The molecule has 3 heteroatoms. The molecule has 0 aliphatic carbocycles. The lowest BCUT2D eigenvalue weighted by molar-refractivity contribution is 0.0411. The third kappa shape index (κ3) is 2.27. The number of nitrogens with zero attached hydrogens (tertiary/aromatic N) is 2. The van der Waals surface area contributed by atoms with Crippen molar-refractivity contribution in [3.05, 3.63) is 0 Å². The van der Waals surface area contributed by atoms with E-state index in [1.807, 2.05) is 0 Å². The van der Waals surface area contributed by atoms with Crippen LogP contribution in [0.1, 0.15) is 19.8 Å². The zero-order valence-electron chi connectivity index (χ0n) is 9.41. The molecule has 0 aromatic heterocycles. The van der Waals surface area contributed by atoms with Gasteiger partial charge in [0.25, 0.3) is 0 Å². The molecule has 2 aliphatic rings. The molecule has 0 aromatic rings. The van der Waals surface area contributed by atoms with Crippen molar-refractivity contribution in [2.75, 3.05) is 39.8 Å². The summed E-state index contributed by atoms with van der Waals surface area (Å²) >= 11 is 0. The molecule has 2 aliphatic heterocycles. The maximum atomic E-state index is 5.31. The zero-order valence-corrected chi connectivity index (χ0v) is 9.41. The minimum absolute atomic E-state index is 0.378. The molecular formula is C11H22N2O. The fraction of sp³-hybridized carbons (Fsp3) is 1.00. The van der Waals surface area contributed by atoms with E-state index in [-0.39, 0.29) is 0 Å². The molecule has 2 fully saturated rings. The normalized spacial score (nSPS) is 31.7. The van der Waals surface area contributed by atoms with Gasteiger partial charge in [-0.3, -0.25) is 9.80 Å². The molecule has 0 bridgehead atoms. The second kappa shape index (κ2) is 4.60. The summed E-state index contributed by atoms with van der Waals surface area (Å²) in [4.78, 5) is 5.20. The van der Waals surface area contributed by atoms with Crippen molar-refractivity contribution in [3.8, 4) is 0 Å². The Hall–Kier alpha value is -0.120. The third-order valence-electron chi connectivity index (χ3n) is 3.59. The number of hydrogen-bond donors (Lipinski definition) is 0. The highest BCUT2D eigenvalue weighted by Crippen LogP contribution is 2.21. The van der Waals surface area contributed by atoms with Crippen LogP contribution in [0, 0.1) is 0 Å². The molecule has 2 unspecified atom stereocenters. The van der Waals surface area contributed by atoms with Crippen molar-refractivity contribution < 1.29 is 4.74 Å². The first kappa shape index (κ1) is 10.4. The molecule has 2 saturated heterocycles. The van der Waals surface area contributed by atoms with Gasteiger partial charge >= 0.3 is 0 Å². The fourth-order valence-corrected chi connectivity index (χ4v) is 2.66. The van der Waals surface area contributed by atoms with E-state index in [1.54, 1.807) is 7.11 Å². The van der Waals surface area contributed by atoms with Gasteiger partial charge in [-0.05, 0) is 26.3 Å². The van der Waals surface area contributed by atoms with E-state index in [4.69, 9.17) is 4.74 Å². The molecule has 0 saturated carbocycles. The van der Waals surface area contributed by atoms with Crippen LogP contribution in [0.5, 0.6) is 0 Å². The topological polar surface area (TPSA) is 15.7 Å². The maximum absolute atomic E-state index is 5.31. The van der Waals surface area contributed by atoms with E-state index in [0.29, 0.717) is 6.10 Å². The molecule has 0 aromatic carbocycles. The lowest BCUT2D eigenvalue weighted by Crippen LogP contribution is -2.51. The van der Waals surface area contributed by atoms with Gasteiger partial charge in [0, 0.05) is 39.3 Å². The minimum Gasteiger partial charge on any atom is -0.380 e. The molecule has 0 radical (unpaired) electrons. The maximum Gasteiger partial charge on any atom is 0.0670 e. The monoisotopic (exact) mass is 198 g/mol. The number of piperazine rings is 1. The van der Waals surface area contributed by atoms with Crippen molar-refractivity contribution in [3.63, 3.8) is 0 Å². The van der Waals surface area contributed by atoms with Crippen LogP contribution in [0.3, 0.4) is 0 Å². The summed E-state index contributed by atoms with van der Waals surface area (Å²) in [6.45, 7) is 8.33. The second-order valence-corrected chi connectivity index (χ2v) is 4.64. The third-order valence-corrected chi connectivity index (χ3v) is 3.59. The highest BCUT2D eigenvalue weighted by atomic mass is 16.5. The highest BCUT2D eigenvalue weighted by molar-refractivity contribution is 4.87. The Morgan fingerprint density at radius 2 is 2.21 bits per heavy atom. The van der Waals surface area contributed by atoms with E-state index in [9.17, 15) is 0 Å². The minimum atomic E-state index is 0.378. The Morgan fingerprint density at radius 1 is 1.36 bits per heavy atom. The molecule has 14 heavy (non-hydrogen) atoms. The van der Waals surface area contributed by atoms with Crippen LogP contribution >= 0.6 is 0 Å². The van der Waals surface area contributed by atoms with Crippen LogP contribution in [0.15, 0.2) is 0 Å². The lowest BCUT2D eigenvalue weighted by Gasteiger charge is -2.38. The van der Waals surface area contributed by atoms with Gasteiger partial charge in [-0.1, -0.05) is 0 Å². The van der Waals surface area contributed by atoms with Gasteiger partial charge in [-0.2, -0.15) is 0 Å². The molecule has 0 spiro atoms. The summed E-state index contributed by atoms with van der Waals surface area (Å²) in [6, 6.07) is 0.841. The van der Waals surface area contributed by atoms with Gasteiger partial charge in [0.05, 0.1) is 6.10 Å². The van der Waals surface area contributed by atoms with E-state index >= 15 is 0 Å². The van der Waals surface area contributed by atoms with E-state index in [0.717, 1.165) is 12.6 Å². The zero-order chi connectivity index (χ0) is 9.97. The van der Waals surface area contributed by atoms with Gasteiger partial charge in [0.2, 0.25) is 0 Å². The van der Waals surface area contributed by atoms with Crippen LogP contribution in [-0.2, 0) is 4.74 Å². The van der Waals surface area contributed by atoms with Crippen molar-refractivity contribution >= 4 is 0 Å². The Bertz CT molecular complexity index is 186. The molecule has 0 N–H and O–H groups in total. The van der Waals surface area contributed by atoms with Crippen LogP contribution in [0.2, 0.25) is 0 Å². The molecule has 2 heterocycles. The summed E-state index contributed by atoms with van der Waals surface area (Å²) < 4.78 is 5.31. The van der Waals surface area contributed by atoms with E-state index < -0.39 is 0 Å². The van der Waals surface area contributed by atoms with Gasteiger partial charge in [0.15, 0.2) is 0 Å². The smallest absolute Gasteiger partial charge is 0.0670 e.